The molecule has 3 rings (SSSR count). The normalized spacial score (nSPS) is 11.2. The van der Waals surface area contributed by atoms with Crippen LogP contribution in [0.1, 0.15) is 24.3 Å². The smallest absolute Gasteiger partial charge is 0.331 e. The Morgan fingerprint density at radius 2 is 2.09 bits per heavy atom. The summed E-state index contributed by atoms with van der Waals surface area (Å²) in [5, 5.41) is 3.84. The van der Waals surface area contributed by atoms with Crippen molar-refractivity contribution in [1.82, 2.24) is 19.3 Å². The van der Waals surface area contributed by atoms with Crippen LogP contribution in [0, 0.1) is 6.92 Å². The number of hydrogen-bond acceptors (Lipinski definition) is 5. The van der Waals surface area contributed by atoms with Gasteiger partial charge in [-0.05, 0) is 31.9 Å². The van der Waals surface area contributed by atoms with E-state index in [4.69, 9.17) is 4.52 Å². The van der Waals surface area contributed by atoms with Crippen molar-refractivity contribution in [3.63, 3.8) is 0 Å². The molecule has 0 radical (unpaired) electrons. The van der Waals surface area contributed by atoms with Gasteiger partial charge in [0.2, 0.25) is 0 Å². The number of hydrogen-bond donors (Lipinski definition) is 0. The third-order valence-corrected chi connectivity index (χ3v) is 3.84. The molecule has 0 amide bonds. The highest BCUT2D eigenvalue weighted by atomic mass is 16.5. The Bertz CT molecular complexity index is 952. The van der Waals surface area contributed by atoms with E-state index >= 15 is 0 Å². The second kappa shape index (κ2) is 6.20. The van der Waals surface area contributed by atoms with E-state index in [-0.39, 0.29) is 11.2 Å². The van der Waals surface area contributed by atoms with Gasteiger partial charge >= 0.3 is 5.69 Å². The zero-order valence-electron chi connectivity index (χ0n) is 13.2. The number of rotatable bonds is 5. The molecule has 0 saturated carbocycles. The van der Waals surface area contributed by atoms with Crippen LogP contribution < -0.4 is 11.2 Å². The number of aryl methyl sites for hydroxylation is 3. The number of unbranched alkanes of at least 4 members (excludes halogenated alkanes) is 1. The molecule has 0 aromatic carbocycles. The summed E-state index contributed by atoms with van der Waals surface area (Å²) in [5.41, 5.74) is 1.08. The van der Waals surface area contributed by atoms with Crippen LogP contribution in [0.15, 0.2) is 38.5 Å². The first-order valence-corrected chi connectivity index (χ1v) is 7.54. The second-order valence-corrected chi connectivity index (χ2v) is 5.56. The minimum Gasteiger partial charge on any atom is -0.361 e. The van der Waals surface area contributed by atoms with Gasteiger partial charge in [0, 0.05) is 32.3 Å². The maximum absolute atomic E-state index is 12.4. The average Bonchev–Trinajstić information content (AvgIpc) is 2.97. The van der Waals surface area contributed by atoms with Crippen LogP contribution >= 0.6 is 0 Å². The van der Waals surface area contributed by atoms with Crippen molar-refractivity contribution < 1.29 is 4.52 Å². The molecule has 0 bridgehead atoms. The molecule has 0 aliphatic carbocycles. The van der Waals surface area contributed by atoms with Gasteiger partial charge in [-0.15, -0.1) is 0 Å². The van der Waals surface area contributed by atoms with Crippen LogP contribution in [0.3, 0.4) is 0 Å². The topological polar surface area (TPSA) is 82.9 Å². The van der Waals surface area contributed by atoms with Crippen LogP contribution in [-0.2, 0) is 20.0 Å². The van der Waals surface area contributed by atoms with Crippen molar-refractivity contribution in [2.45, 2.75) is 32.7 Å². The summed E-state index contributed by atoms with van der Waals surface area (Å²) in [6.07, 6.45) is 3.81. The molecule has 3 aromatic rings. The van der Waals surface area contributed by atoms with E-state index in [0.29, 0.717) is 24.0 Å². The van der Waals surface area contributed by atoms with Crippen LogP contribution in [0.4, 0.5) is 0 Å². The summed E-state index contributed by atoms with van der Waals surface area (Å²) in [4.78, 5) is 28.9. The van der Waals surface area contributed by atoms with Gasteiger partial charge in [-0.1, -0.05) is 5.16 Å². The first-order chi connectivity index (χ1) is 11.1. The Balaban J connectivity index is 1.78. The predicted octanol–water partition coefficient (Wildman–Crippen LogP) is 1.41. The molecule has 0 spiro atoms. The lowest BCUT2D eigenvalue weighted by molar-refractivity contribution is 0.374. The van der Waals surface area contributed by atoms with Crippen molar-refractivity contribution in [3.05, 3.63) is 56.7 Å². The molecule has 3 heterocycles. The van der Waals surface area contributed by atoms with Crippen molar-refractivity contribution in [1.29, 1.82) is 0 Å². The fourth-order valence-corrected chi connectivity index (χ4v) is 2.63. The minimum absolute atomic E-state index is 0.314. The summed E-state index contributed by atoms with van der Waals surface area (Å²) < 4.78 is 7.86. The van der Waals surface area contributed by atoms with Gasteiger partial charge in [0.1, 0.15) is 5.76 Å². The third-order valence-electron chi connectivity index (χ3n) is 3.84. The molecular formula is C16H18N4O3. The zero-order valence-corrected chi connectivity index (χ0v) is 13.2. The van der Waals surface area contributed by atoms with E-state index in [2.05, 4.69) is 10.1 Å². The molecule has 0 unspecified atom stereocenters. The van der Waals surface area contributed by atoms with Gasteiger partial charge in [-0.2, -0.15) is 0 Å². The van der Waals surface area contributed by atoms with E-state index in [0.717, 1.165) is 24.3 Å². The molecule has 0 fully saturated rings. The molecule has 0 atom stereocenters. The lowest BCUT2D eigenvalue weighted by atomic mass is 10.2. The Kier molecular flexibility index (Phi) is 4.10. The van der Waals surface area contributed by atoms with Crippen LogP contribution in [0.2, 0.25) is 0 Å². The summed E-state index contributed by atoms with van der Waals surface area (Å²) in [6, 6.07) is 5.33. The van der Waals surface area contributed by atoms with E-state index < -0.39 is 0 Å². The first kappa shape index (κ1) is 15.2. The van der Waals surface area contributed by atoms with Crippen molar-refractivity contribution in [3.8, 4) is 0 Å². The maximum atomic E-state index is 12.4. The molecule has 120 valence electrons. The van der Waals surface area contributed by atoms with E-state index in [1.165, 1.54) is 9.13 Å². The highest BCUT2D eigenvalue weighted by Crippen LogP contribution is 2.07. The van der Waals surface area contributed by atoms with E-state index in [1.807, 2.05) is 13.0 Å². The number of pyridine rings is 1. The standard InChI is InChI=1S/C16H18N4O3/c1-11-10-12(23-18-11)6-3-4-9-20-15(21)14-13(7-5-8-17-14)19(2)16(20)22/h5,7-8,10H,3-4,6,9H2,1-2H3. The SMILES string of the molecule is Cc1cc(CCCCn2c(=O)c3ncccc3n(C)c2=O)on1. The van der Waals surface area contributed by atoms with Crippen molar-refractivity contribution in [2.75, 3.05) is 0 Å². The highest BCUT2D eigenvalue weighted by molar-refractivity contribution is 5.72. The first-order valence-electron chi connectivity index (χ1n) is 7.54. The molecule has 3 aromatic heterocycles. The second-order valence-electron chi connectivity index (χ2n) is 5.56. The van der Waals surface area contributed by atoms with Gasteiger partial charge in [0.25, 0.3) is 5.56 Å². The average molecular weight is 314 g/mol. The molecule has 0 aliphatic heterocycles. The Morgan fingerprint density at radius 1 is 1.26 bits per heavy atom. The molecule has 0 saturated heterocycles. The third kappa shape index (κ3) is 2.94. The van der Waals surface area contributed by atoms with Gasteiger partial charge in [0.05, 0.1) is 11.2 Å². The van der Waals surface area contributed by atoms with Crippen molar-refractivity contribution in [2.24, 2.45) is 7.05 Å². The molecule has 0 N–H and O–H groups in total. The van der Waals surface area contributed by atoms with E-state index in [1.54, 1.807) is 25.4 Å². The summed E-state index contributed by atoms with van der Waals surface area (Å²) >= 11 is 0. The van der Waals surface area contributed by atoms with Gasteiger partial charge in [-0.25, -0.2) is 9.78 Å². The minimum atomic E-state index is -0.334. The van der Waals surface area contributed by atoms with Crippen molar-refractivity contribution >= 4 is 11.0 Å². The number of fused-ring (bicyclic) bond motifs is 1. The Hall–Kier alpha value is -2.70. The zero-order chi connectivity index (χ0) is 16.4. The molecule has 0 aliphatic rings. The lowest BCUT2D eigenvalue weighted by Crippen LogP contribution is -2.39. The van der Waals surface area contributed by atoms with Gasteiger partial charge < -0.3 is 4.52 Å². The summed E-state index contributed by atoms with van der Waals surface area (Å²) in [7, 11) is 1.65. The lowest BCUT2D eigenvalue weighted by Gasteiger charge is -2.09. The molecule has 23 heavy (non-hydrogen) atoms. The van der Waals surface area contributed by atoms with Gasteiger partial charge in [-0.3, -0.25) is 13.9 Å². The molecule has 7 heteroatoms. The van der Waals surface area contributed by atoms with Crippen LogP contribution in [0.25, 0.3) is 11.0 Å². The quantitative estimate of drug-likeness (QED) is 0.665. The Morgan fingerprint density at radius 3 is 2.83 bits per heavy atom. The molecule has 7 nitrogen and oxygen atoms in total. The Labute approximate surface area is 132 Å². The predicted molar refractivity (Wildman–Crippen MR) is 85.4 cm³/mol. The number of nitrogens with zero attached hydrogens (tertiary/aromatic N) is 4. The number of aromatic nitrogens is 4. The van der Waals surface area contributed by atoms with Crippen LogP contribution in [0.5, 0.6) is 0 Å². The van der Waals surface area contributed by atoms with E-state index in [9.17, 15) is 9.59 Å². The van der Waals surface area contributed by atoms with Crippen LogP contribution in [-0.4, -0.2) is 19.3 Å². The maximum Gasteiger partial charge on any atom is 0.331 e. The monoisotopic (exact) mass is 314 g/mol. The summed E-state index contributed by atoms with van der Waals surface area (Å²) in [5.74, 6) is 0.822. The van der Waals surface area contributed by atoms with Gasteiger partial charge in [0.15, 0.2) is 5.52 Å². The highest BCUT2D eigenvalue weighted by Gasteiger charge is 2.11. The fraction of sp³-hybridized carbons (Fsp3) is 0.375. The summed E-state index contributed by atoms with van der Waals surface area (Å²) in [6.45, 7) is 2.24. The largest absolute Gasteiger partial charge is 0.361 e. The molecular weight excluding hydrogens is 296 g/mol. The fourth-order valence-electron chi connectivity index (χ4n) is 2.63.